The predicted molar refractivity (Wildman–Crippen MR) is 106 cm³/mol. The van der Waals surface area contributed by atoms with Crippen molar-refractivity contribution in [3.63, 3.8) is 0 Å². The van der Waals surface area contributed by atoms with E-state index in [4.69, 9.17) is 0 Å². The lowest BCUT2D eigenvalue weighted by molar-refractivity contribution is 0.719. The number of rotatable bonds is 5. The first kappa shape index (κ1) is 16.6. The molecule has 2 N–H and O–H groups in total. The Hall–Kier alpha value is -2.87. The Kier molecular flexibility index (Phi) is 4.12. The third-order valence-corrected chi connectivity index (χ3v) is 4.59. The van der Waals surface area contributed by atoms with Crippen LogP contribution < -0.4 is 11.0 Å². The molecular formula is C18H17BrN6O. The van der Waals surface area contributed by atoms with E-state index in [2.05, 4.69) is 42.8 Å². The lowest BCUT2D eigenvalue weighted by Gasteiger charge is -2.09. The number of aromatic amines is 1. The zero-order valence-electron chi connectivity index (χ0n) is 14.2. The van der Waals surface area contributed by atoms with Gasteiger partial charge >= 0.3 is 5.69 Å². The van der Waals surface area contributed by atoms with Gasteiger partial charge in [0.25, 0.3) is 0 Å². The number of allylic oxidation sites excluding steroid dienone is 1. The molecule has 26 heavy (non-hydrogen) atoms. The van der Waals surface area contributed by atoms with Crippen LogP contribution in [0.3, 0.4) is 0 Å². The summed E-state index contributed by atoms with van der Waals surface area (Å²) in [5.74, 6) is 0.653. The first-order chi connectivity index (χ1) is 12.5. The molecule has 0 spiro atoms. The summed E-state index contributed by atoms with van der Waals surface area (Å²) in [6, 6.07) is 7.64. The van der Waals surface area contributed by atoms with Gasteiger partial charge < -0.3 is 10.3 Å². The zero-order valence-corrected chi connectivity index (χ0v) is 15.7. The highest BCUT2D eigenvalue weighted by Crippen LogP contribution is 2.22. The fourth-order valence-electron chi connectivity index (χ4n) is 3.01. The second-order valence-electron chi connectivity index (χ2n) is 6.06. The van der Waals surface area contributed by atoms with Gasteiger partial charge in [-0.2, -0.15) is 0 Å². The molecule has 3 heterocycles. The van der Waals surface area contributed by atoms with Crippen LogP contribution >= 0.6 is 15.9 Å². The van der Waals surface area contributed by atoms with Crippen molar-refractivity contribution < 1.29 is 0 Å². The Balaban J connectivity index is 1.61. The van der Waals surface area contributed by atoms with Gasteiger partial charge in [-0.3, -0.25) is 8.97 Å². The van der Waals surface area contributed by atoms with Crippen LogP contribution in [0.1, 0.15) is 12.6 Å². The quantitative estimate of drug-likeness (QED) is 0.526. The fourth-order valence-corrected chi connectivity index (χ4v) is 3.39. The minimum Gasteiger partial charge on any atom is -0.365 e. The summed E-state index contributed by atoms with van der Waals surface area (Å²) >= 11 is 3.44. The van der Waals surface area contributed by atoms with Gasteiger partial charge in [0, 0.05) is 19.3 Å². The number of imidazole rings is 2. The molecule has 0 amide bonds. The van der Waals surface area contributed by atoms with Crippen LogP contribution in [0.4, 0.5) is 5.82 Å². The minimum absolute atomic E-state index is 0.120. The van der Waals surface area contributed by atoms with Crippen molar-refractivity contribution in [2.24, 2.45) is 0 Å². The normalized spacial score (nSPS) is 11.3. The van der Waals surface area contributed by atoms with E-state index in [-0.39, 0.29) is 5.69 Å². The first-order valence-electron chi connectivity index (χ1n) is 8.15. The molecule has 0 fully saturated rings. The van der Waals surface area contributed by atoms with Gasteiger partial charge in [-0.1, -0.05) is 18.7 Å². The highest BCUT2D eigenvalue weighted by atomic mass is 79.9. The van der Waals surface area contributed by atoms with E-state index < -0.39 is 0 Å². The van der Waals surface area contributed by atoms with E-state index >= 15 is 0 Å². The van der Waals surface area contributed by atoms with Crippen LogP contribution in [0.5, 0.6) is 0 Å². The molecule has 3 aromatic heterocycles. The molecule has 0 bridgehead atoms. The molecule has 0 aliphatic heterocycles. The van der Waals surface area contributed by atoms with Crippen LogP contribution in [0.2, 0.25) is 0 Å². The lowest BCUT2D eigenvalue weighted by Crippen LogP contribution is -2.21. The number of halogens is 1. The average molecular weight is 413 g/mol. The highest BCUT2D eigenvalue weighted by Gasteiger charge is 2.11. The Morgan fingerprint density at radius 3 is 3.00 bits per heavy atom. The molecule has 0 aliphatic rings. The number of hydrogen-bond donors (Lipinski definition) is 2. The third-order valence-electron chi connectivity index (χ3n) is 4.21. The van der Waals surface area contributed by atoms with E-state index in [1.807, 2.05) is 41.8 Å². The van der Waals surface area contributed by atoms with Crippen LogP contribution in [-0.4, -0.2) is 30.5 Å². The van der Waals surface area contributed by atoms with Crippen molar-refractivity contribution in [2.45, 2.75) is 13.5 Å². The van der Waals surface area contributed by atoms with Crippen LogP contribution in [-0.2, 0) is 6.54 Å². The summed E-state index contributed by atoms with van der Waals surface area (Å²) in [5.41, 5.74) is 4.17. The van der Waals surface area contributed by atoms with Gasteiger partial charge in [0.15, 0.2) is 11.5 Å². The molecule has 0 atom stereocenters. The van der Waals surface area contributed by atoms with Crippen LogP contribution in [0.25, 0.3) is 22.3 Å². The van der Waals surface area contributed by atoms with Crippen molar-refractivity contribution in [3.8, 4) is 0 Å². The summed E-state index contributed by atoms with van der Waals surface area (Å²) in [5, 5.41) is 3.28. The minimum atomic E-state index is -0.120. The molecule has 0 saturated heterocycles. The highest BCUT2D eigenvalue weighted by molar-refractivity contribution is 9.10. The molecule has 4 rings (SSSR count). The Labute approximate surface area is 157 Å². The second kappa shape index (κ2) is 6.45. The molecule has 0 unspecified atom stereocenters. The summed E-state index contributed by atoms with van der Waals surface area (Å²) < 4.78 is 4.35. The maximum Gasteiger partial charge on any atom is 0.326 e. The Morgan fingerprint density at radius 2 is 2.19 bits per heavy atom. The number of nitrogens with one attached hydrogen (secondary N) is 2. The van der Waals surface area contributed by atoms with Crippen molar-refractivity contribution in [3.05, 3.63) is 64.0 Å². The van der Waals surface area contributed by atoms with E-state index in [1.165, 1.54) is 0 Å². The molecule has 0 saturated carbocycles. The van der Waals surface area contributed by atoms with Crippen molar-refractivity contribution >= 4 is 44.0 Å². The predicted octanol–water partition coefficient (Wildman–Crippen LogP) is 3.28. The van der Waals surface area contributed by atoms with E-state index in [9.17, 15) is 4.79 Å². The van der Waals surface area contributed by atoms with E-state index in [0.717, 1.165) is 27.9 Å². The number of H-pyrrole nitrogens is 1. The number of anilines is 1. The number of benzene rings is 1. The van der Waals surface area contributed by atoms with Gasteiger partial charge in [-0.05, 0) is 40.6 Å². The summed E-state index contributed by atoms with van der Waals surface area (Å²) in [6.07, 6.45) is 3.64. The fraction of sp³-hybridized carbons (Fsp3) is 0.167. The van der Waals surface area contributed by atoms with Crippen LogP contribution in [0, 0.1) is 0 Å². The first-order valence-corrected chi connectivity index (χ1v) is 8.95. The molecular weight excluding hydrogens is 396 g/mol. The molecule has 4 aromatic rings. The summed E-state index contributed by atoms with van der Waals surface area (Å²) in [7, 11) is 0. The SMILES string of the molecule is C=C(C)c1cnc2c(NCCn3c(=O)[nH]c4ccccc43)nc(Br)cn12. The van der Waals surface area contributed by atoms with Crippen molar-refractivity contribution in [1.29, 1.82) is 0 Å². The van der Waals surface area contributed by atoms with Gasteiger partial charge in [0.2, 0.25) is 0 Å². The molecule has 7 nitrogen and oxygen atoms in total. The standard InChI is InChI=1S/C18H17BrN6O/c1-11(2)14-9-21-17-16(23-15(19)10-25(14)17)20-7-8-24-13-6-4-3-5-12(13)22-18(24)26/h3-6,9-10H,1,7-8H2,2H3,(H,20,23)(H,22,26). The van der Waals surface area contributed by atoms with E-state index in [1.54, 1.807) is 10.8 Å². The number of fused-ring (bicyclic) bond motifs is 2. The number of para-hydroxylation sites is 2. The largest absolute Gasteiger partial charge is 0.365 e. The molecule has 132 valence electrons. The van der Waals surface area contributed by atoms with E-state index in [0.29, 0.717) is 23.5 Å². The van der Waals surface area contributed by atoms with Crippen LogP contribution in [0.15, 0.2) is 52.6 Å². The van der Waals surface area contributed by atoms with Crippen molar-refractivity contribution in [1.82, 2.24) is 23.9 Å². The Morgan fingerprint density at radius 1 is 1.38 bits per heavy atom. The maximum absolute atomic E-state index is 12.2. The molecule has 0 radical (unpaired) electrons. The number of hydrogen-bond acceptors (Lipinski definition) is 4. The lowest BCUT2D eigenvalue weighted by atomic mass is 10.3. The van der Waals surface area contributed by atoms with Gasteiger partial charge in [-0.25, -0.2) is 14.8 Å². The molecule has 1 aromatic carbocycles. The topological polar surface area (TPSA) is 80.0 Å². The smallest absolute Gasteiger partial charge is 0.326 e. The summed E-state index contributed by atoms with van der Waals surface area (Å²) in [6.45, 7) is 6.97. The second-order valence-corrected chi connectivity index (χ2v) is 6.87. The number of nitrogens with zero attached hydrogens (tertiary/aromatic N) is 4. The molecule has 0 aliphatic carbocycles. The third kappa shape index (κ3) is 2.82. The monoisotopic (exact) mass is 412 g/mol. The van der Waals surface area contributed by atoms with Gasteiger partial charge in [-0.15, -0.1) is 0 Å². The zero-order chi connectivity index (χ0) is 18.3. The Bertz CT molecular complexity index is 1190. The van der Waals surface area contributed by atoms with Gasteiger partial charge in [0.05, 0.1) is 22.9 Å². The van der Waals surface area contributed by atoms with Crippen molar-refractivity contribution in [2.75, 3.05) is 11.9 Å². The average Bonchev–Trinajstić information content (AvgIpc) is 3.16. The molecule has 8 heteroatoms. The summed E-state index contributed by atoms with van der Waals surface area (Å²) in [4.78, 5) is 23.9. The number of aromatic nitrogens is 5. The van der Waals surface area contributed by atoms with Gasteiger partial charge in [0.1, 0.15) is 4.60 Å². The maximum atomic E-state index is 12.2.